The summed E-state index contributed by atoms with van der Waals surface area (Å²) < 4.78 is 1.93. The van der Waals surface area contributed by atoms with Crippen molar-refractivity contribution in [2.45, 2.75) is 60.4 Å². The molecular formula is C32H34N4O2. The van der Waals surface area contributed by atoms with E-state index in [4.69, 9.17) is 5.10 Å². The molecule has 1 aromatic heterocycles. The van der Waals surface area contributed by atoms with Crippen LogP contribution in [-0.2, 0) is 16.8 Å². The highest BCUT2D eigenvalue weighted by Gasteiger charge is 2.37. The number of benzene rings is 3. The van der Waals surface area contributed by atoms with Gasteiger partial charge in [-0.1, -0.05) is 63.2 Å². The summed E-state index contributed by atoms with van der Waals surface area (Å²) in [6, 6.07) is 20.3. The van der Waals surface area contributed by atoms with Crippen molar-refractivity contribution in [2.75, 3.05) is 10.2 Å². The Bertz CT molecular complexity index is 1550. The number of para-hydroxylation sites is 1. The fraction of sp³-hybridized carbons (Fsp3) is 0.281. The normalized spacial score (nSPS) is 13.1. The molecule has 0 radical (unpaired) electrons. The van der Waals surface area contributed by atoms with Gasteiger partial charge >= 0.3 is 0 Å². The zero-order valence-corrected chi connectivity index (χ0v) is 23.1. The lowest BCUT2D eigenvalue weighted by atomic mass is 9.86. The Morgan fingerprint density at radius 1 is 0.921 bits per heavy atom. The maximum atomic E-state index is 13.9. The van der Waals surface area contributed by atoms with Crippen molar-refractivity contribution >= 4 is 23.2 Å². The van der Waals surface area contributed by atoms with E-state index in [1.807, 2.05) is 46.8 Å². The van der Waals surface area contributed by atoms with Gasteiger partial charge in [-0.3, -0.25) is 9.59 Å². The third-order valence-electron chi connectivity index (χ3n) is 7.24. The lowest BCUT2D eigenvalue weighted by molar-refractivity contribution is -0.114. The Morgan fingerprint density at radius 3 is 2.18 bits per heavy atom. The molecule has 6 nitrogen and oxygen atoms in total. The van der Waals surface area contributed by atoms with Crippen LogP contribution in [0.4, 0.5) is 11.4 Å². The molecule has 194 valence electrons. The number of nitrogens with one attached hydrogen (secondary N) is 1. The number of amides is 2. The van der Waals surface area contributed by atoms with Crippen LogP contribution in [0.25, 0.3) is 16.9 Å². The molecule has 2 heterocycles. The summed E-state index contributed by atoms with van der Waals surface area (Å²) >= 11 is 0. The molecule has 1 aliphatic rings. The molecule has 4 aromatic rings. The number of hydrogen-bond acceptors (Lipinski definition) is 3. The van der Waals surface area contributed by atoms with Crippen LogP contribution in [0.15, 0.2) is 60.7 Å². The number of aromatic nitrogens is 2. The molecule has 0 bridgehead atoms. The van der Waals surface area contributed by atoms with Crippen molar-refractivity contribution in [1.82, 2.24) is 9.78 Å². The van der Waals surface area contributed by atoms with Gasteiger partial charge in [0, 0.05) is 29.4 Å². The number of nitrogens with zero attached hydrogens (tertiary/aromatic N) is 3. The van der Waals surface area contributed by atoms with Gasteiger partial charge in [-0.15, -0.1) is 0 Å². The standard InChI is InChI=1S/C32H34N4O2/c1-19-11-14-24(32(5,6)7)17-27(19)35-18-26-28(31(35)38)34-36(29-20(2)9-8-10-21(29)3)30(26)23-12-15-25(16-13-23)33-22(4)37/h8-17H,18H2,1-7H3,(H,33,37). The van der Waals surface area contributed by atoms with Crippen LogP contribution in [0, 0.1) is 20.8 Å². The summed E-state index contributed by atoms with van der Waals surface area (Å²) in [5, 5.41) is 7.77. The van der Waals surface area contributed by atoms with Crippen molar-refractivity contribution in [3.05, 3.63) is 94.2 Å². The highest BCUT2D eigenvalue weighted by molar-refractivity contribution is 6.10. The SMILES string of the molecule is CC(=O)Nc1ccc(-c2c3c(nn2-c2c(C)cccc2C)C(=O)N(c2cc(C(C)(C)C)ccc2C)C3)cc1. The molecule has 0 saturated heterocycles. The van der Waals surface area contributed by atoms with Gasteiger partial charge in [-0.25, -0.2) is 4.68 Å². The van der Waals surface area contributed by atoms with E-state index in [0.29, 0.717) is 12.2 Å². The molecule has 1 N–H and O–H groups in total. The molecule has 5 rings (SSSR count). The minimum atomic E-state index is -0.117. The molecule has 0 fully saturated rings. The largest absolute Gasteiger partial charge is 0.326 e. The lowest BCUT2D eigenvalue weighted by Crippen LogP contribution is -2.26. The second-order valence-electron chi connectivity index (χ2n) is 11.2. The van der Waals surface area contributed by atoms with Gasteiger partial charge < -0.3 is 10.2 Å². The number of fused-ring (bicyclic) bond motifs is 1. The molecule has 0 aliphatic carbocycles. The molecule has 1 aliphatic heterocycles. The number of carbonyl (C=O) groups excluding carboxylic acids is 2. The maximum absolute atomic E-state index is 13.9. The molecule has 0 saturated carbocycles. The quantitative estimate of drug-likeness (QED) is 0.328. The first-order valence-corrected chi connectivity index (χ1v) is 12.9. The first kappa shape index (κ1) is 25.5. The zero-order valence-electron chi connectivity index (χ0n) is 23.1. The van der Waals surface area contributed by atoms with Gasteiger partial charge in [0.25, 0.3) is 5.91 Å². The predicted octanol–water partition coefficient (Wildman–Crippen LogP) is 6.88. The van der Waals surface area contributed by atoms with Gasteiger partial charge in [0.05, 0.1) is 17.9 Å². The number of carbonyl (C=O) groups is 2. The summed E-state index contributed by atoms with van der Waals surface area (Å²) in [4.78, 5) is 27.3. The van der Waals surface area contributed by atoms with E-state index in [-0.39, 0.29) is 17.2 Å². The Hall–Kier alpha value is -4.19. The third kappa shape index (κ3) is 4.40. The van der Waals surface area contributed by atoms with Gasteiger partial charge in [0.2, 0.25) is 5.91 Å². The third-order valence-corrected chi connectivity index (χ3v) is 7.24. The van der Waals surface area contributed by atoms with E-state index in [9.17, 15) is 9.59 Å². The van der Waals surface area contributed by atoms with Crippen molar-refractivity contribution < 1.29 is 9.59 Å². The summed E-state index contributed by atoms with van der Waals surface area (Å²) in [5.74, 6) is -0.205. The highest BCUT2D eigenvalue weighted by atomic mass is 16.2. The smallest absolute Gasteiger partial charge is 0.279 e. The Morgan fingerprint density at radius 2 is 1.58 bits per heavy atom. The number of hydrogen-bond donors (Lipinski definition) is 1. The second-order valence-corrected chi connectivity index (χ2v) is 11.2. The lowest BCUT2D eigenvalue weighted by Gasteiger charge is -2.25. The van der Waals surface area contributed by atoms with E-state index in [1.54, 1.807) is 0 Å². The minimum Gasteiger partial charge on any atom is -0.326 e. The summed E-state index contributed by atoms with van der Waals surface area (Å²) in [6.45, 7) is 14.6. The van der Waals surface area contributed by atoms with Gasteiger partial charge in [-0.05, 0) is 66.6 Å². The molecule has 3 aromatic carbocycles. The predicted molar refractivity (Wildman–Crippen MR) is 153 cm³/mol. The fourth-order valence-corrected chi connectivity index (χ4v) is 5.20. The molecular weight excluding hydrogens is 472 g/mol. The van der Waals surface area contributed by atoms with Crippen LogP contribution in [0.2, 0.25) is 0 Å². The first-order chi connectivity index (χ1) is 18.0. The summed E-state index contributed by atoms with van der Waals surface area (Å²) in [6.07, 6.45) is 0. The molecule has 6 heteroatoms. The zero-order chi connectivity index (χ0) is 27.4. The Kier molecular flexibility index (Phi) is 6.22. The van der Waals surface area contributed by atoms with Crippen molar-refractivity contribution in [1.29, 1.82) is 0 Å². The Balaban J connectivity index is 1.67. The molecule has 0 spiro atoms. The van der Waals surface area contributed by atoms with Crippen LogP contribution >= 0.6 is 0 Å². The first-order valence-electron chi connectivity index (χ1n) is 12.9. The molecule has 38 heavy (non-hydrogen) atoms. The topological polar surface area (TPSA) is 67.2 Å². The highest BCUT2D eigenvalue weighted by Crippen LogP contribution is 2.40. The van der Waals surface area contributed by atoms with Gasteiger partial charge in [-0.2, -0.15) is 5.10 Å². The number of rotatable bonds is 4. The fourth-order valence-electron chi connectivity index (χ4n) is 5.20. The summed E-state index contributed by atoms with van der Waals surface area (Å²) in [7, 11) is 0. The van der Waals surface area contributed by atoms with Gasteiger partial charge in [0.15, 0.2) is 5.69 Å². The minimum absolute atomic E-state index is 0.0299. The van der Waals surface area contributed by atoms with E-state index in [1.165, 1.54) is 12.5 Å². The second kappa shape index (κ2) is 9.28. The average molecular weight is 507 g/mol. The number of anilines is 2. The monoisotopic (exact) mass is 506 g/mol. The van der Waals surface area contributed by atoms with Crippen molar-refractivity contribution in [3.63, 3.8) is 0 Å². The van der Waals surface area contributed by atoms with E-state index < -0.39 is 0 Å². The van der Waals surface area contributed by atoms with Crippen LogP contribution in [0.5, 0.6) is 0 Å². The van der Waals surface area contributed by atoms with Crippen molar-refractivity contribution in [2.24, 2.45) is 0 Å². The maximum Gasteiger partial charge on any atom is 0.279 e. The molecule has 0 unspecified atom stereocenters. The Labute approximate surface area is 224 Å². The molecule has 0 atom stereocenters. The van der Waals surface area contributed by atoms with Crippen LogP contribution < -0.4 is 10.2 Å². The van der Waals surface area contributed by atoms with Crippen LogP contribution in [0.1, 0.15) is 66.0 Å². The molecule has 2 amide bonds. The van der Waals surface area contributed by atoms with Crippen LogP contribution in [-0.4, -0.2) is 21.6 Å². The van der Waals surface area contributed by atoms with Gasteiger partial charge in [0.1, 0.15) is 0 Å². The average Bonchev–Trinajstić information content (AvgIpc) is 3.35. The van der Waals surface area contributed by atoms with E-state index in [2.05, 4.69) is 70.3 Å². The number of aryl methyl sites for hydroxylation is 3. The van der Waals surface area contributed by atoms with E-state index in [0.717, 1.165) is 50.6 Å². The summed E-state index contributed by atoms with van der Waals surface area (Å²) in [5.41, 5.74) is 10.2. The van der Waals surface area contributed by atoms with Crippen molar-refractivity contribution in [3.8, 4) is 16.9 Å². The van der Waals surface area contributed by atoms with Crippen LogP contribution in [0.3, 0.4) is 0 Å². The van der Waals surface area contributed by atoms with E-state index >= 15 is 0 Å².